The van der Waals surface area contributed by atoms with Crippen molar-refractivity contribution < 1.29 is 4.79 Å². The molecule has 1 rings (SSSR count). The second kappa shape index (κ2) is 7.99. The number of rotatable bonds is 6. The van der Waals surface area contributed by atoms with E-state index in [1.807, 2.05) is 0 Å². The van der Waals surface area contributed by atoms with Crippen LogP contribution in [0.2, 0.25) is 0 Å². The van der Waals surface area contributed by atoms with Crippen LogP contribution in [-0.4, -0.2) is 19.0 Å². The molecule has 1 N–H and O–H groups in total. The lowest BCUT2D eigenvalue weighted by molar-refractivity contribution is -0.122. The van der Waals surface area contributed by atoms with E-state index in [1.54, 1.807) is 0 Å². The Morgan fingerprint density at radius 3 is 2.81 bits per heavy atom. The van der Waals surface area contributed by atoms with Gasteiger partial charge in [-0.2, -0.15) is 0 Å². The zero-order valence-corrected chi connectivity index (χ0v) is 9.69. The molecule has 90 valence electrons. The summed E-state index contributed by atoms with van der Waals surface area (Å²) in [6.45, 7) is 1.07. The van der Waals surface area contributed by atoms with Gasteiger partial charge in [0.1, 0.15) is 0 Å². The van der Waals surface area contributed by atoms with Crippen molar-refractivity contribution >= 4 is 5.91 Å². The summed E-state index contributed by atoms with van der Waals surface area (Å²) in [5, 5.41) is 6.28. The first-order valence-corrected chi connectivity index (χ1v) is 6.10. The number of hydrogen-bond acceptors (Lipinski definition) is 2. The first-order chi connectivity index (χ1) is 7.83. The highest BCUT2D eigenvalue weighted by Gasteiger charge is 2.16. The molecular weight excluding hydrogens is 204 g/mol. The number of azide groups is 1. The first kappa shape index (κ1) is 12.8. The van der Waals surface area contributed by atoms with E-state index in [9.17, 15) is 4.79 Å². The van der Waals surface area contributed by atoms with Crippen LogP contribution in [-0.2, 0) is 4.79 Å². The van der Waals surface area contributed by atoms with E-state index >= 15 is 0 Å². The molecule has 0 radical (unpaired) electrons. The molecule has 0 atom stereocenters. The summed E-state index contributed by atoms with van der Waals surface area (Å²) >= 11 is 0. The number of nitrogens with zero attached hydrogens (tertiary/aromatic N) is 3. The standard InChI is InChI=1S/C11H20N4O/c12-15-14-8-4-7-13-11(16)9-10-5-2-1-3-6-10/h10H,1-9H2,(H,13,16). The number of carbonyl (C=O) groups excluding carboxylic acids is 1. The molecule has 0 spiro atoms. The van der Waals surface area contributed by atoms with E-state index in [-0.39, 0.29) is 5.91 Å². The van der Waals surface area contributed by atoms with Crippen LogP contribution in [0.4, 0.5) is 0 Å². The van der Waals surface area contributed by atoms with Crippen molar-refractivity contribution in [3.05, 3.63) is 10.4 Å². The normalized spacial score (nSPS) is 16.5. The zero-order chi connectivity index (χ0) is 11.6. The molecule has 0 heterocycles. The fourth-order valence-electron chi connectivity index (χ4n) is 2.15. The van der Waals surface area contributed by atoms with E-state index in [0.29, 0.717) is 25.4 Å². The van der Waals surface area contributed by atoms with E-state index in [4.69, 9.17) is 5.53 Å². The third-order valence-corrected chi connectivity index (χ3v) is 3.02. The number of amides is 1. The maximum atomic E-state index is 11.5. The van der Waals surface area contributed by atoms with Gasteiger partial charge < -0.3 is 5.32 Å². The molecule has 0 aromatic heterocycles. The highest BCUT2D eigenvalue weighted by Crippen LogP contribution is 2.25. The molecule has 0 aromatic carbocycles. The summed E-state index contributed by atoms with van der Waals surface area (Å²) < 4.78 is 0. The molecule has 1 aliphatic carbocycles. The van der Waals surface area contributed by atoms with Gasteiger partial charge in [-0.25, -0.2) is 0 Å². The Labute approximate surface area is 96.2 Å². The quantitative estimate of drug-likeness (QED) is 0.320. The minimum absolute atomic E-state index is 0.146. The van der Waals surface area contributed by atoms with E-state index in [2.05, 4.69) is 15.3 Å². The summed E-state index contributed by atoms with van der Waals surface area (Å²) in [5.41, 5.74) is 8.06. The summed E-state index contributed by atoms with van der Waals surface area (Å²) in [5.74, 6) is 0.735. The van der Waals surface area contributed by atoms with Gasteiger partial charge in [-0.3, -0.25) is 4.79 Å². The molecule has 0 aliphatic heterocycles. The Hall–Kier alpha value is -1.22. The van der Waals surface area contributed by atoms with Crippen molar-refractivity contribution in [2.45, 2.75) is 44.9 Å². The maximum absolute atomic E-state index is 11.5. The van der Waals surface area contributed by atoms with Crippen LogP contribution in [0.3, 0.4) is 0 Å². The molecule has 1 aliphatic rings. The molecule has 0 aromatic rings. The van der Waals surface area contributed by atoms with Gasteiger partial charge >= 0.3 is 0 Å². The molecule has 1 amide bonds. The van der Waals surface area contributed by atoms with E-state index in [1.165, 1.54) is 32.1 Å². The van der Waals surface area contributed by atoms with Crippen molar-refractivity contribution in [1.82, 2.24) is 5.32 Å². The van der Waals surface area contributed by atoms with Gasteiger partial charge in [0.25, 0.3) is 0 Å². The molecule has 0 bridgehead atoms. The van der Waals surface area contributed by atoms with Crippen molar-refractivity contribution in [1.29, 1.82) is 0 Å². The highest BCUT2D eigenvalue weighted by atomic mass is 16.1. The van der Waals surface area contributed by atoms with E-state index in [0.717, 1.165) is 6.42 Å². The second-order valence-corrected chi connectivity index (χ2v) is 4.37. The van der Waals surface area contributed by atoms with Crippen LogP contribution in [0, 0.1) is 5.92 Å². The van der Waals surface area contributed by atoms with Gasteiger partial charge in [-0.05, 0) is 30.7 Å². The van der Waals surface area contributed by atoms with Crippen LogP contribution in [0.1, 0.15) is 44.9 Å². The lowest BCUT2D eigenvalue weighted by atomic mass is 9.87. The minimum atomic E-state index is 0.146. The Balaban J connectivity index is 2.03. The summed E-state index contributed by atoms with van der Waals surface area (Å²) in [6.07, 6.45) is 7.66. The van der Waals surface area contributed by atoms with Crippen LogP contribution < -0.4 is 5.32 Å². The molecule has 1 saturated carbocycles. The third kappa shape index (κ3) is 5.61. The average molecular weight is 224 g/mol. The lowest BCUT2D eigenvalue weighted by Gasteiger charge is -2.20. The topological polar surface area (TPSA) is 77.9 Å². The summed E-state index contributed by atoms with van der Waals surface area (Å²) in [4.78, 5) is 14.2. The number of hydrogen-bond donors (Lipinski definition) is 1. The van der Waals surface area contributed by atoms with Crippen molar-refractivity contribution in [2.75, 3.05) is 13.1 Å². The smallest absolute Gasteiger partial charge is 0.220 e. The largest absolute Gasteiger partial charge is 0.356 e. The predicted molar refractivity (Wildman–Crippen MR) is 62.8 cm³/mol. The number of nitrogens with one attached hydrogen (secondary N) is 1. The van der Waals surface area contributed by atoms with E-state index < -0.39 is 0 Å². The maximum Gasteiger partial charge on any atom is 0.220 e. The zero-order valence-electron chi connectivity index (χ0n) is 9.69. The fourth-order valence-corrected chi connectivity index (χ4v) is 2.15. The van der Waals surface area contributed by atoms with Crippen LogP contribution in [0.5, 0.6) is 0 Å². The Morgan fingerprint density at radius 2 is 2.12 bits per heavy atom. The molecule has 0 saturated heterocycles. The third-order valence-electron chi connectivity index (χ3n) is 3.02. The van der Waals surface area contributed by atoms with Gasteiger partial charge in [0, 0.05) is 24.4 Å². The Kier molecular flexibility index (Phi) is 6.42. The molecule has 5 nitrogen and oxygen atoms in total. The van der Waals surface area contributed by atoms with Gasteiger partial charge in [-0.15, -0.1) is 0 Å². The Bertz CT molecular complexity index is 255. The van der Waals surface area contributed by atoms with Crippen molar-refractivity contribution in [2.24, 2.45) is 11.0 Å². The number of carbonyl (C=O) groups is 1. The molecule has 5 heteroatoms. The van der Waals surface area contributed by atoms with Crippen LogP contribution >= 0.6 is 0 Å². The van der Waals surface area contributed by atoms with Crippen LogP contribution in [0.25, 0.3) is 10.4 Å². The molecule has 1 fully saturated rings. The first-order valence-electron chi connectivity index (χ1n) is 6.10. The SMILES string of the molecule is [N-]=[N+]=NCCCNC(=O)CC1CCCCC1. The average Bonchev–Trinajstić information content (AvgIpc) is 2.30. The fraction of sp³-hybridized carbons (Fsp3) is 0.909. The lowest BCUT2D eigenvalue weighted by Crippen LogP contribution is -2.27. The molecule has 16 heavy (non-hydrogen) atoms. The van der Waals surface area contributed by atoms with Crippen LogP contribution in [0.15, 0.2) is 5.11 Å². The van der Waals surface area contributed by atoms with Crippen molar-refractivity contribution in [3.8, 4) is 0 Å². The van der Waals surface area contributed by atoms with Gasteiger partial charge in [0.15, 0.2) is 0 Å². The predicted octanol–water partition coefficient (Wildman–Crippen LogP) is 2.77. The second-order valence-electron chi connectivity index (χ2n) is 4.37. The highest BCUT2D eigenvalue weighted by molar-refractivity contribution is 5.76. The monoisotopic (exact) mass is 224 g/mol. The molecule has 0 unspecified atom stereocenters. The van der Waals surface area contributed by atoms with Gasteiger partial charge in [-0.1, -0.05) is 24.4 Å². The van der Waals surface area contributed by atoms with Gasteiger partial charge in [0.05, 0.1) is 0 Å². The minimum Gasteiger partial charge on any atom is -0.356 e. The summed E-state index contributed by atoms with van der Waals surface area (Å²) in [6, 6.07) is 0. The van der Waals surface area contributed by atoms with Gasteiger partial charge in [0.2, 0.25) is 5.91 Å². The summed E-state index contributed by atoms with van der Waals surface area (Å²) in [7, 11) is 0. The molecular formula is C11H20N4O. The Morgan fingerprint density at radius 1 is 1.38 bits per heavy atom. The van der Waals surface area contributed by atoms with Crippen molar-refractivity contribution in [3.63, 3.8) is 0 Å².